The van der Waals surface area contributed by atoms with Crippen molar-refractivity contribution < 1.29 is 9.59 Å². The topological polar surface area (TPSA) is 88.9 Å². The van der Waals surface area contributed by atoms with Gasteiger partial charge in [-0.3, -0.25) is 9.59 Å². The molecule has 168 valence electrons. The molecule has 0 aliphatic rings. The van der Waals surface area contributed by atoms with Crippen molar-refractivity contribution in [1.29, 1.82) is 0 Å². The summed E-state index contributed by atoms with van der Waals surface area (Å²) in [5.74, 6) is 0.540. The van der Waals surface area contributed by atoms with E-state index in [0.29, 0.717) is 44.7 Å². The van der Waals surface area contributed by atoms with Crippen molar-refractivity contribution >= 4 is 64.1 Å². The van der Waals surface area contributed by atoms with E-state index in [1.165, 1.54) is 11.8 Å². The predicted octanol–water partition coefficient (Wildman–Crippen LogP) is 4.76. The minimum absolute atomic E-state index is 0.134. The third-order valence-corrected chi connectivity index (χ3v) is 6.31. The Morgan fingerprint density at radius 1 is 1.00 bits per heavy atom. The van der Waals surface area contributed by atoms with Crippen molar-refractivity contribution in [2.24, 2.45) is 7.05 Å². The number of halogens is 3. The van der Waals surface area contributed by atoms with Crippen molar-refractivity contribution in [3.63, 3.8) is 0 Å². The minimum atomic E-state index is -0.159. The van der Waals surface area contributed by atoms with Crippen LogP contribution in [0.4, 0.5) is 5.69 Å². The van der Waals surface area contributed by atoms with E-state index >= 15 is 0 Å². The Morgan fingerprint density at radius 2 is 1.72 bits per heavy atom. The summed E-state index contributed by atoms with van der Waals surface area (Å²) in [5, 5.41) is 16.1. The standard InChI is InChI=1S/C21H20Cl3N5O2S/c1-29-18(8-9-19(30)26-16-6-4-14(22)5-7-16)27-28-21(29)32-12-20(31)25-11-13-2-3-15(23)10-17(13)24/h2-7,10H,8-9,11-12H2,1H3,(H,25,31)(H,26,30). The van der Waals surface area contributed by atoms with Gasteiger partial charge in [0.1, 0.15) is 5.82 Å². The molecule has 2 N–H and O–H groups in total. The summed E-state index contributed by atoms with van der Waals surface area (Å²) in [6.45, 7) is 0.308. The highest BCUT2D eigenvalue weighted by atomic mass is 35.5. The fourth-order valence-electron chi connectivity index (χ4n) is 2.71. The second kappa shape index (κ2) is 11.6. The van der Waals surface area contributed by atoms with E-state index < -0.39 is 0 Å². The number of anilines is 1. The summed E-state index contributed by atoms with van der Waals surface area (Å²) >= 11 is 19.1. The first-order valence-electron chi connectivity index (χ1n) is 9.59. The summed E-state index contributed by atoms with van der Waals surface area (Å²) in [7, 11) is 1.81. The van der Waals surface area contributed by atoms with E-state index in [9.17, 15) is 9.59 Å². The largest absolute Gasteiger partial charge is 0.351 e. The molecule has 2 aromatic carbocycles. The molecule has 32 heavy (non-hydrogen) atoms. The van der Waals surface area contributed by atoms with E-state index in [-0.39, 0.29) is 24.0 Å². The lowest BCUT2D eigenvalue weighted by molar-refractivity contribution is -0.118. The molecule has 3 aromatic rings. The van der Waals surface area contributed by atoms with Crippen LogP contribution in [0, 0.1) is 0 Å². The third-order valence-electron chi connectivity index (χ3n) is 4.45. The molecule has 0 spiro atoms. The Hall–Kier alpha value is -2.26. The van der Waals surface area contributed by atoms with Crippen molar-refractivity contribution in [3.8, 4) is 0 Å². The Morgan fingerprint density at radius 3 is 2.44 bits per heavy atom. The average Bonchev–Trinajstić information content (AvgIpc) is 3.11. The zero-order valence-corrected chi connectivity index (χ0v) is 20.2. The van der Waals surface area contributed by atoms with Crippen LogP contribution in [0.25, 0.3) is 0 Å². The highest BCUT2D eigenvalue weighted by Crippen LogP contribution is 2.21. The molecule has 0 aliphatic heterocycles. The van der Waals surface area contributed by atoms with Crippen molar-refractivity contribution in [1.82, 2.24) is 20.1 Å². The molecule has 1 aromatic heterocycles. The maximum Gasteiger partial charge on any atom is 0.230 e. The number of thioether (sulfide) groups is 1. The molecular weight excluding hydrogens is 493 g/mol. The molecule has 0 radical (unpaired) electrons. The van der Waals surface area contributed by atoms with E-state index in [2.05, 4.69) is 20.8 Å². The maximum atomic E-state index is 12.2. The zero-order valence-electron chi connectivity index (χ0n) is 17.1. The number of hydrogen-bond donors (Lipinski definition) is 2. The minimum Gasteiger partial charge on any atom is -0.351 e. The van der Waals surface area contributed by atoms with Crippen LogP contribution in [0.5, 0.6) is 0 Å². The van der Waals surface area contributed by atoms with Crippen LogP contribution in [0.2, 0.25) is 15.1 Å². The van der Waals surface area contributed by atoms with E-state index in [1.807, 2.05) is 0 Å². The van der Waals surface area contributed by atoms with Gasteiger partial charge in [-0.25, -0.2) is 0 Å². The summed E-state index contributed by atoms with van der Waals surface area (Å²) in [5.41, 5.74) is 1.46. The number of carbonyl (C=O) groups excluding carboxylic acids is 2. The van der Waals surface area contributed by atoms with Crippen LogP contribution in [0.3, 0.4) is 0 Å². The van der Waals surface area contributed by atoms with Crippen LogP contribution in [0.1, 0.15) is 17.8 Å². The number of nitrogens with one attached hydrogen (secondary N) is 2. The highest BCUT2D eigenvalue weighted by molar-refractivity contribution is 7.99. The molecule has 0 fully saturated rings. The van der Waals surface area contributed by atoms with Gasteiger partial charge in [-0.15, -0.1) is 10.2 Å². The Balaban J connectivity index is 1.44. The molecule has 0 unspecified atom stereocenters. The zero-order chi connectivity index (χ0) is 23.1. The summed E-state index contributed by atoms with van der Waals surface area (Å²) in [6, 6.07) is 12.0. The lowest BCUT2D eigenvalue weighted by Crippen LogP contribution is -2.24. The number of nitrogens with zero attached hydrogens (tertiary/aromatic N) is 3. The second-order valence-electron chi connectivity index (χ2n) is 6.81. The van der Waals surface area contributed by atoms with Crippen LogP contribution in [0.15, 0.2) is 47.6 Å². The molecule has 7 nitrogen and oxygen atoms in total. The third kappa shape index (κ3) is 7.13. The van der Waals surface area contributed by atoms with Gasteiger partial charge in [0.05, 0.1) is 5.75 Å². The molecule has 0 aliphatic carbocycles. The van der Waals surface area contributed by atoms with Gasteiger partial charge in [0, 0.05) is 47.2 Å². The van der Waals surface area contributed by atoms with Gasteiger partial charge in [0.2, 0.25) is 11.8 Å². The first-order valence-corrected chi connectivity index (χ1v) is 11.7. The smallest absolute Gasteiger partial charge is 0.230 e. The number of aryl methyl sites for hydroxylation is 1. The lowest BCUT2D eigenvalue weighted by Gasteiger charge is -2.08. The first-order chi connectivity index (χ1) is 15.3. The Kier molecular flexibility index (Phi) is 8.81. The van der Waals surface area contributed by atoms with Gasteiger partial charge in [-0.2, -0.15) is 0 Å². The number of hydrogen-bond acceptors (Lipinski definition) is 5. The van der Waals surface area contributed by atoms with Gasteiger partial charge in [0.25, 0.3) is 0 Å². The van der Waals surface area contributed by atoms with Crippen LogP contribution in [-0.4, -0.2) is 32.3 Å². The number of aromatic nitrogens is 3. The SMILES string of the molecule is Cn1c(CCC(=O)Nc2ccc(Cl)cc2)nnc1SCC(=O)NCc1ccc(Cl)cc1Cl. The highest BCUT2D eigenvalue weighted by Gasteiger charge is 2.13. The molecule has 1 heterocycles. The number of rotatable bonds is 9. The summed E-state index contributed by atoms with van der Waals surface area (Å²) in [6.07, 6.45) is 0.673. The predicted molar refractivity (Wildman–Crippen MR) is 128 cm³/mol. The molecule has 2 amide bonds. The van der Waals surface area contributed by atoms with Gasteiger partial charge in [0.15, 0.2) is 5.16 Å². The first kappa shape index (κ1) is 24.4. The molecule has 0 saturated heterocycles. The number of benzene rings is 2. The summed E-state index contributed by atoms with van der Waals surface area (Å²) < 4.78 is 1.78. The number of carbonyl (C=O) groups is 2. The van der Waals surface area contributed by atoms with Gasteiger partial charge < -0.3 is 15.2 Å². The average molecular weight is 513 g/mol. The van der Waals surface area contributed by atoms with Gasteiger partial charge in [-0.05, 0) is 42.0 Å². The van der Waals surface area contributed by atoms with Crippen molar-refractivity contribution in [2.45, 2.75) is 24.5 Å². The van der Waals surface area contributed by atoms with Gasteiger partial charge >= 0.3 is 0 Å². The molecule has 0 saturated carbocycles. The molecule has 3 rings (SSSR count). The normalized spacial score (nSPS) is 10.8. The van der Waals surface area contributed by atoms with E-state index in [4.69, 9.17) is 34.8 Å². The maximum absolute atomic E-state index is 12.2. The fourth-order valence-corrected chi connectivity index (χ4v) is 4.07. The molecule has 0 bridgehead atoms. The molecule has 0 atom stereocenters. The monoisotopic (exact) mass is 511 g/mol. The Labute approximate surface area is 204 Å². The fraction of sp³-hybridized carbons (Fsp3) is 0.238. The van der Waals surface area contributed by atoms with Crippen molar-refractivity contribution in [3.05, 3.63) is 68.9 Å². The van der Waals surface area contributed by atoms with E-state index in [0.717, 1.165) is 5.56 Å². The van der Waals surface area contributed by atoms with Gasteiger partial charge in [-0.1, -0.05) is 52.6 Å². The van der Waals surface area contributed by atoms with Crippen LogP contribution >= 0.6 is 46.6 Å². The molecule has 11 heteroatoms. The molecular formula is C21H20Cl3N5O2S. The number of amides is 2. The van der Waals surface area contributed by atoms with Crippen LogP contribution < -0.4 is 10.6 Å². The summed E-state index contributed by atoms with van der Waals surface area (Å²) in [4.78, 5) is 24.3. The van der Waals surface area contributed by atoms with E-state index in [1.54, 1.807) is 54.1 Å². The quantitative estimate of drug-likeness (QED) is 0.404. The van der Waals surface area contributed by atoms with Crippen LogP contribution in [-0.2, 0) is 29.6 Å². The second-order valence-corrected chi connectivity index (χ2v) is 9.04. The Bertz CT molecular complexity index is 1110. The lowest BCUT2D eigenvalue weighted by atomic mass is 10.2. The van der Waals surface area contributed by atoms with Crippen molar-refractivity contribution in [2.75, 3.05) is 11.1 Å².